The molecule has 1 aliphatic heterocycles. The number of halogens is 2. The maximum Gasteiger partial charge on any atom is 0.234 e. The predicted octanol–water partition coefficient (Wildman–Crippen LogP) is 5.69. The summed E-state index contributed by atoms with van der Waals surface area (Å²) in [7, 11) is 1.52. The van der Waals surface area contributed by atoms with Gasteiger partial charge < -0.3 is 15.4 Å². The van der Waals surface area contributed by atoms with Gasteiger partial charge in [0, 0.05) is 22.5 Å². The Labute approximate surface area is 210 Å². The van der Waals surface area contributed by atoms with Crippen LogP contribution in [0.1, 0.15) is 36.0 Å². The van der Waals surface area contributed by atoms with Crippen molar-refractivity contribution in [3.8, 4) is 11.8 Å². The van der Waals surface area contributed by atoms with Gasteiger partial charge in [-0.05, 0) is 54.3 Å². The zero-order valence-electron chi connectivity index (χ0n) is 18.4. The highest BCUT2D eigenvalue weighted by atomic mass is 79.9. The van der Waals surface area contributed by atoms with Gasteiger partial charge in [0.2, 0.25) is 11.8 Å². The summed E-state index contributed by atoms with van der Waals surface area (Å²) in [6.45, 7) is 3.97. The van der Waals surface area contributed by atoms with Gasteiger partial charge in [-0.25, -0.2) is 0 Å². The zero-order valence-corrected chi connectivity index (χ0v) is 21.6. The van der Waals surface area contributed by atoms with Gasteiger partial charge in [-0.3, -0.25) is 9.59 Å². The molecule has 9 heteroatoms. The van der Waals surface area contributed by atoms with E-state index in [2.05, 4.69) is 32.6 Å². The lowest BCUT2D eigenvalue weighted by atomic mass is 9.87. The van der Waals surface area contributed by atoms with Gasteiger partial charge in [-0.15, -0.1) is 0 Å². The fraction of sp³-hybridized carbons (Fsp3) is 0.292. The number of anilines is 1. The van der Waals surface area contributed by atoms with Crippen molar-refractivity contribution in [3.63, 3.8) is 0 Å². The summed E-state index contributed by atoms with van der Waals surface area (Å²) in [5, 5.41) is 16.4. The molecule has 0 aliphatic carbocycles. The van der Waals surface area contributed by atoms with Crippen LogP contribution in [0.4, 0.5) is 5.69 Å². The third-order valence-corrected chi connectivity index (χ3v) is 7.08. The molecule has 0 spiro atoms. The molecular formula is C24H23BrClN3O3S. The smallest absolute Gasteiger partial charge is 0.234 e. The third kappa shape index (κ3) is 5.91. The van der Waals surface area contributed by atoms with Crippen molar-refractivity contribution in [2.75, 3.05) is 18.2 Å². The number of carbonyl (C=O) groups excluding carboxylic acids is 2. The number of benzene rings is 2. The minimum absolute atomic E-state index is 0.0511. The number of amides is 2. The molecule has 1 atom stereocenters. The first-order chi connectivity index (χ1) is 15.8. The van der Waals surface area contributed by atoms with Crippen LogP contribution in [0.3, 0.4) is 0 Å². The second-order valence-electron chi connectivity index (χ2n) is 7.50. The molecule has 0 saturated carbocycles. The van der Waals surface area contributed by atoms with Gasteiger partial charge in [0.05, 0.1) is 34.6 Å². The number of aryl methyl sites for hydroxylation is 2. The maximum atomic E-state index is 12.7. The SMILES string of the molecule is CCc1cc(Br)cc(C)c1NC(=O)CSC1=C(C#N)[C@H](c2ccc(OC)c(Cl)c2)CC(=O)N1. The van der Waals surface area contributed by atoms with E-state index in [0.29, 0.717) is 21.4 Å². The molecule has 33 heavy (non-hydrogen) atoms. The molecule has 0 aromatic heterocycles. The van der Waals surface area contributed by atoms with Crippen LogP contribution >= 0.6 is 39.3 Å². The van der Waals surface area contributed by atoms with Crippen LogP contribution < -0.4 is 15.4 Å². The number of ether oxygens (including phenoxy) is 1. The van der Waals surface area contributed by atoms with Crippen LogP contribution in [-0.4, -0.2) is 24.7 Å². The predicted molar refractivity (Wildman–Crippen MR) is 135 cm³/mol. The summed E-state index contributed by atoms with van der Waals surface area (Å²) in [6, 6.07) is 11.4. The third-order valence-electron chi connectivity index (χ3n) is 5.31. The fourth-order valence-corrected chi connectivity index (χ4v) is 5.46. The Morgan fingerprint density at radius 3 is 2.79 bits per heavy atom. The van der Waals surface area contributed by atoms with E-state index in [1.54, 1.807) is 18.2 Å². The average molecular weight is 549 g/mol. The second-order valence-corrected chi connectivity index (χ2v) is 9.81. The lowest BCUT2D eigenvalue weighted by molar-refractivity contribution is -0.121. The van der Waals surface area contributed by atoms with Crippen LogP contribution in [0.25, 0.3) is 0 Å². The standard InChI is InChI=1S/C24H23BrClN3O3S/c1-4-14-8-16(25)7-13(2)23(14)28-22(31)12-33-24-18(11-27)17(10-21(30)29-24)15-5-6-20(32-3)19(26)9-15/h5-9,17H,4,10,12H2,1-3H3,(H,28,31)(H,29,30)/t17-/m0/s1. The highest BCUT2D eigenvalue weighted by molar-refractivity contribution is 9.10. The normalized spacial score (nSPS) is 15.6. The van der Waals surface area contributed by atoms with E-state index in [1.165, 1.54) is 7.11 Å². The molecular weight excluding hydrogens is 526 g/mol. The van der Waals surface area contributed by atoms with Crippen molar-refractivity contribution in [1.82, 2.24) is 5.32 Å². The lowest BCUT2D eigenvalue weighted by Gasteiger charge is -2.25. The Morgan fingerprint density at radius 2 is 2.15 bits per heavy atom. The first kappa shape index (κ1) is 25.2. The zero-order chi connectivity index (χ0) is 24.1. The van der Waals surface area contributed by atoms with Gasteiger partial charge in [-0.2, -0.15) is 5.26 Å². The molecule has 2 amide bonds. The van der Waals surface area contributed by atoms with Crippen molar-refractivity contribution < 1.29 is 14.3 Å². The molecule has 0 saturated heterocycles. The summed E-state index contributed by atoms with van der Waals surface area (Å²) < 4.78 is 6.15. The van der Waals surface area contributed by atoms with E-state index >= 15 is 0 Å². The van der Waals surface area contributed by atoms with E-state index in [9.17, 15) is 14.9 Å². The molecule has 172 valence electrons. The highest BCUT2D eigenvalue weighted by Crippen LogP contribution is 2.38. The van der Waals surface area contributed by atoms with Gasteiger partial charge in [0.1, 0.15) is 5.75 Å². The van der Waals surface area contributed by atoms with E-state index in [1.807, 2.05) is 26.0 Å². The molecule has 0 radical (unpaired) electrons. The summed E-state index contributed by atoms with van der Waals surface area (Å²) in [5.74, 6) is -0.308. The number of allylic oxidation sites excluding steroid dienone is 1. The number of rotatable bonds is 7. The second kappa shape index (κ2) is 11.1. The number of hydrogen-bond acceptors (Lipinski definition) is 5. The summed E-state index contributed by atoms with van der Waals surface area (Å²) in [4.78, 5) is 25.1. The number of nitrogens with zero attached hydrogens (tertiary/aromatic N) is 1. The molecule has 0 unspecified atom stereocenters. The van der Waals surface area contributed by atoms with Gasteiger partial charge in [-0.1, -0.05) is 52.3 Å². The molecule has 1 aliphatic rings. The van der Waals surface area contributed by atoms with Crippen molar-refractivity contribution in [3.05, 3.63) is 67.1 Å². The number of thioether (sulfide) groups is 1. The summed E-state index contributed by atoms with van der Waals surface area (Å²) in [5.41, 5.74) is 3.92. The Kier molecular flexibility index (Phi) is 8.46. The minimum Gasteiger partial charge on any atom is -0.495 e. The molecule has 0 fully saturated rings. The largest absolute Gasteiger partial charge is 0.495 e. The Hall–Kier alpha value is -2.47. The van der Waals surface area contributed by atoms with Gasteiger partial charge in [0.15, 0.2) is 0 Å². The Bertz CT molecular complexity index is 1180. The van der Waals surface area contributed by atoms with Crippen molar-refractivity contribution in [1.29, 1.82) is 5.26 Å². The van der Waals surface area contributed by atoms with Crippen LogP contribution in [-0.2, 0) is 16.0 Å². The highest BCUT2D eigenvalue weighted by Gasteiger charge is 2.30. The van der Waals surface area contributed by atoms with Crippen LogP contribution in [0.15, 0.2) is 45.4 Å². The van der Waals surface area contributed by atoms with E-state index in [0.717, 1.165) is 45.0 Å². The first-order valence-electron chi connectivity index (χ1n) is 10.3. The van der Waals surface area contributed by atoms with Gasteiger partial charge >= 0.3 is 0 Å². The summed E-state index contributed by atoms with van der Waals surface area (Å²) in [6.07, 6.45) is 0.898. The first-order valence-corrected chi connectivity index (χ1v) is 12.4. The van der Waals surface area contributed by atoms with E-state index in [4.69, 9.17) is 16.3 Å². The maximum absolute atomic E-state index is 12.7. The monoisotopic (exact) mass is 547 g/mol. The van der Waals surface area contributed by atoms with Crippen molar-refractivity contribution >= 4 is 56.8 Å². The molecule has 2 aromatic rings. The molecule has 2 N–H and O–H groups in total. The van der Waals surface area contributed by atoms with E-state index in [-0.39, 0.29) is 24.0 Å². The summed E-state index contributed by atoms with van der Waals surface area (Å²) >= 11 is 10.9. The van der Waals surface area contributed by atoms with Crippen molar-refractivity contribution in [2.24, 2.45) is 0 Å². The minimum atomic E-state index is -0.446. The van der Waals surface area contributed by atoms with Crippen molar-refractivity contribution in [2.45, 2.75) is 32.6 Å². The topological polar surface area (TPSA) is 91.2 Å². The Morgan fingerprint density at radius 1 is 1.39 bits per heavy atom. The lowest BCUT2D eigenvalue weighted by Crippen LogP contribution is -2.31. The number of hydrogen-bond donors (Lipinski definition) is 2. The number of methoxy groups -OCH3 is 1. The van der Waals surface area contributed by atoms with Gasteiger partial charge in [0.25, 0.3) is 0 Å². The number of nitrogens with one attached hydrogen (secondary N) is 2. The van der Waals surface area contributed by atoms with Crippen LogP contribution in [0, 0.1) is 18.3 Å². The number of nitriles is 1. The molecule has 1 heterocycles. The Balaban J connectivity index is 1.80. The van der Waals surface area contributed by atoms with Crippen LogP contribution in [0.2, 0.25) is 5.02 Å². The fourth-order valence-electron chi connectivity index (χ4n) is 3.70. The quantitative estimate of drug-likeness (QED) is 0.464. The molecule has 6 nitrogen and oxygen atoms in total. The molecule has 3 rings (SSSR count). The molecule has 0 bridgehead atoms. The average Bonchev–Trinajstić information content (AvgIpc) is 2.78. The van der Waals surface area contributed by atoms with Crippen LogP contribution in [0.5, 0.6) is 5.75 Å². The molecule has 2 aromatic carbocycles. The van der Waals surface area contributed by atoms with E-state index < -0.39 is 5.92 Å². The number of carbonyl (C=O) groups is 2.